The van der Waals surface area contributed by atoms with Gasteiger partial charge in [-0.3, -0.25) is 4.79 Å². The third-order valence-electron chi connectivity index (χ3n) is 3.22. The van der Waals surface area contributed by atoms with Crippen LogP contribution in [0.15, 0.2) is 42.7 Å². The standard InChI is InChI=1S/C15H19N3OS/c1-11(17-15(19)12(2)20-3)13-6-4-7-14(10-13)18-9-5-8-16-18/h4-12H,1-3H3,(H,17,19)/t11-,12+/m0/s1. The topological polar surface area (TPSA) is 46.9 Å². The van der Waals surface area contributed by atoms with Crippen LogP contribution in [-0.4, -0.2) is 27.2 Å². The molecule has 2 aromatic rings. The summed E-state index contributed by atoms with van der Waals surface area (Å²) in [5.74, 6) is 0.0643. The zero-order valence-electron chi connectivity index (χ0n) is 11.9. The lowest BCUT2D eigenvalue weighted by molar-refractivity contribution is -0.120. The molecule has 2 atom stereocenters. The Kier molecular flexibility index (Phi) is 4.84. The van der Waals surface area contributed by atoms with Gasteiger partial charge in [-0.05, 0) is 43.9 Å². The number of amides is 1. The minimum absolute atomic E-state index is 0.0207. The Labute approximate surface area is 123 Å². The van der Waals surface area contributed by atoms with Gasteiger partial charge in [0.25, 0.3) is 0 Å². The molecule has 0 radical (unpaired) electrons. The second kappa shape index (κ2) is 6.61. The van der Waals surface area contributed by atoms with E-state index in [9.17, 15) is 4.79 Å². The minimum Gasteiger partial charge on any atom is -0.349 e. The summed E-state index contributed by atoms with van der Waals surface area (Å²) in [5.41, 5.74) is 2.06. The first-order valence-electron chi connectivity index (χ1n) is 6.55. The van der Waals surface area contributed by atoms with E-state index in [1.807, 2.05) is 61.3 Å². The van der Waals surface area contributed by atoms with E-state index in [4.69, 9.17) is 0 Å². The number of hydrogen-bond donors (Lipinski definition) is 1. The van der Waals surface area contributed by atoms with Crippen molar-refractivity contribution in [2.45, 2.75) is 25.1 Å². The van der Waals surface area contributed by atoms with Crippen LogP contribution in [0, 0.1) is 0 Å². The van der Waals surface area contributed by atoms with E-state index < -0.39 is 0 Å². The molecule has 1 heterocycles. The highest BCUT2D eigenvalue weighted by Gasteiger charge is 2.15. The highest BCUT2D eigenvalue weighted by molar-refractivity contribution is 7.99. The molecule has 0 aliphatic rings. The first kappa shape index (κ1) is 14.7. The molecule has 0 spiro atoms. The van der Waals surface area contributed by atoms with Gasteiger partial charge in [-0.1, -0.05) is 12.1 Å². The number of rotatable bonds is 5. The molecule has 0 saturated heterocycles. The Morgan fingerprint density at radius 2 is 2.15 bits per heavy atom. The van der Waals surface area contributed by atoms with Gasteiger partial charge in [0.15, 0.2) is 0 Å². The molecule has 20 heavy (non-hydrogen) atoms. The molecule has 1 aromatic heterocycles. The highest BCUT2D eigenvalue weighted by atomic mass is 32.2. The van der Waals surface area contributed by atoms with Crippen LogP contribution < -0.4 is 5.32 Å². The fraction of sp³-hybridized carbons (Fsp3) is 0.333. The predicted molar refractivity (Wildman–Crippen MR) is 83.1 cm³/mol. The van der Waals surface area contributed by atoms with Crippen LogP contribution >= 0.6 is 11.8 Å². The van der Waals surface area contributed by atoms with Gasteiger partial charge in [0.1, 0.15) is 0 Å². The van der Waals surface area contributed by atoms with E-state index in [1.165, 1.54) is 0 Å². The van der Waals surface area contributed by atoms with E-state index in [2.05, 4.69) is 10.4 Å². The summed E-state index contributed by atoms with van der Waals surface area (Å²) in [4.78, 5) is 11.9. The monoisotopic (exact) mass is 289 g/mol. The van der Waals surface area contributed by atoms with Gasteiger partial charge in [0.05, 0.1) is 17.0 Å². The zero-order chi connectivity index (χ0) is 14.5. The maximum absolute atomic E-state index is 11.9. The zero-order valence-corrected chi connectivity index (χ0v) is 12.7. The van der Waals surface area contributed by atoms with Gasteiger partial charge in [0.2, 0.25) is 5.91 Å². The molecule has 5 heteroatoms. The summed E-state index contributed by atoms with van der Waals surface area (Å²) < 4.78 is 1.81. The molecule has 0 unspecified atom stereocenters. The second-order valence-corrected chi connectivity index (χ2v) is 5.83. The second-order valence-electron chi connectivity index (χ2n) is 4.65. The first-order chi connectivity index (χ1) is 9.61. The molecule has 1 amide bonds. The SMILES string of the molecule is CS[C@H](C)C(=O)N[C@@H](C)c1cccc(-n2cccn2)c1. The molecule has 4 nitrogen and oxygen atoms in total. The van der Waals surface area contributed by atoms with E-state index in [0.717, 1.165) is 11.3 Å². The molecular formula is C15H19N3OS. The average Bonchev–Trinajstić information content (AvgIpc) is 3.00. The van der Waals surface area contributed by atoms with Crippen LogP contribution in [-0.2, 0) is 4.79 Å². The van der Waals surface area contributed by atoms with Crippen molar-refractivity contribution in [1.29, 1.82) is 0 Å². The third-order valence-corrected chi connectivity index (χ3v) is 4.14. The molecule has 0 aliphatic carbocycles. The van der Waals surface area contributed by atoms with Gasteiger partial charge in [0, 0.05) is 12.4 Å². The number of aromatic nitrogens is 2. The number of hydrogen-bond acceptors (Lipinski definition) is 3. The minimum atomic E-state index is -0.0354. The lowest BCUT2D eigenvalue weighted by Crippen LogP contribution is -2.32. The number of carbonyl (C=O) groups excluding carboxylic acids is 1. The van der Waals surface area contributed by atoms with Gasteiger partial charge < -0.3 is 5.32 Å². The number of thioether (sulfide) groups is 1. The summed E-state index contributed by atoms with van der Waals surface area (Å²) in [5, 5.41) is 7.21. The van der Waals surface area contributed by atoms with Crippen LogP contribution in [0.5, 0.6) is 0 Å². The van der Waals surface area contributed by atoms with Crippen molar-refractivity contribution in [3.05, 3.63) is 48.3 Å². The van der Waals surface area contributed by atoms with Crippen molar-refractivity contribution in [2.75, 3.05) is 6.26 Å². The fourth-order valence-corrected chi connectivity index (χ4v) is 2.16. The lowest BCUT2D eigenvalue weighted by atomic mass is 10.1. The molecule has 0 saturated carbocycles. The highest BCUT2D eigenvalue weighted by Crippen LogP contribution is 2.17. The first-order valence-corrected chi connectivity index (χ1v) is 7.83. The maximum Gasteiger partial charge on any atom is 0.233 e. The number of nitrogens with one attached hydrogen (secondary N) is 1. The van der Waals surface area contributed by atoms with Crippen molar-refractivity contribution >= 4 is 17.7 Å². The van der Waals surface area contributed by atoms with E-state index in [1.54, 1.807) is 18.0 Å². The Morgan fingerprint density at radius 1 is 1.35 bits per heavy atom. The van der Waals surface area contributed by atoms with Crippen LogP contribution in [0.4, 0.5) is 0 Å². The summed E-state index contributed by atoms with van der Waals surface area (Å²) in [6.45, 7) is 3.90. The number of carbonyl (C=O) groups is 1. The van der Waals surface area contributed by atoms with Crippen molar-refractivity contribution in [3.8, 4) is 5.69 Å². The molecule has 1 aromatic carbocycles. The van der Waals surface area contributed by atoms with Gasteiger partial charge >= 0.3 is 0 Å². The van der Waals surface area contributed by atoms with E-state index in [0.29, 0.717) is 0 Å². The van der Waals surface area contributed by atoms with Gasteiger partial charge in [-0.25, -0.2) is 4.68 Å². The van der Waals surface area contributed by atoms with Gasteiger partial charge in [-0.15, -0.1) is 0 Å². The molecule has 0 aliphatic heterocycles. The maximum atomic E-state index is 11.9. The number of nitrogens with zero attached hydrogens (tertiary/aromatic N) is 2. The summed E-state index contributed by atoms with van der Waals surface area (Å²) in [6, 6.07) is 9.90. The lowest BCUT2D eigenvalue weighted by Gasteiger charge is -2.17. The largest absolute Gasteiger partial charge is 0.349 e. The Morgan fingerprint density at radius 3 is 2.80 bits per heavy atom. The smallest absolute Gasteiger partial charge is 0.233 e. The van der Waals surface area contributed by atoms with Crippen LogP contribution in [0.25, 0.3) is 5.69 Å². The Hall–Kier alpha value is -1.75. The summed E-state index contributed by atoms with van der Waals surface area (Å²) in [7, 11) is 0. The van der Waals surface area contributed by atoms with Crippen LogP contribution in [0.3, 0.4) is 0 Å². The molecule has 2 rings (SSSR count). The van der Waals surface area contributed by atoms with Crippen molar-refractivity contribution in [2.24, 2.45) is 0 Å². The van der Waals surface area contributed by atoms with Crippen molar-refractivity contribution in [3.63, 3.8) is 0 Å². The van der Waals surface area contributed by atoms with Crippen LogP contribution in [0.1, 0.15) is 25.5 Å². The van der Waals surface area contributed by atoms with Crippen molar-refractivity contribution < 1.29 is 4.79 Å². The molecule has 106 valence electrons. The Balaban J connectivity index is 2.13. The van der Waals surface area contributed by atoms with E-state index >= 15 is 0 Å². The molecule has 0 bridgehead atoms. The molecular weight excluding hydrogens is 270 g/mol. The van der Waals surface area contributed by atoms with E-state index in [-0.39, 0.29) is 17.2 Å². The summed E-state index contributed by atoms with van der Waals surface area (Å²) >= 11 is 1.55. The molecule has 0 fully saturated rings. The van der Waals surface area contributed by atoms with Gasteiger partial charge in [-0.2, -0.15) is 16.9 Å². The fourth-order valence-electron chi connectivity index (χ4n) is 1.88. The molecule has 1 N–H and O–H groups in total. The third kappa shape index (κ3) is 3.42. The normalized spacial score (nSPS) is 13.8. The predicted octanol–water partition coefficient (Wildman–Crippen LogP) is 2.80. The van der Waals surface area contributed by atoms with Crippen molar-refractivity contribution in [1.82, 2.24) is 15.1 Å². The Bertz CT molecular complexity index is 568. The van der Waals surface area contributed by atoms with Crippen LogP contribution in [0.2, 0.25) is 0 Å². The quantitative estimate of drug-likeness (QED) is 0.920. The number of benzene rings is 1. The summed E-state index contributed by atoms with van der Waals surface area (Å²) in [6.07, 6.45) is 5.59. The average molecular weight is 289 g/mol.